The summed E-state index contributed by atoms with van der Waals surface area (Å²) in [5.74, 6) is -1.33. The summed E-state index contributed by atoms with van der Waals surface area (Å²) in [4.78, 5) is 10.8. The molecule has 19 heavy (non-hydrogen) atoms. The van der Waals surface area contributed by atoms with Crippen LogP contribution in [0.1, 0.15) is 12.0 Å². The number of aliphatic hydroxyl groups excluding tert-OH is 1. The quantitative estimate of drug-likeness (QED) is 0.705. The van der Waals surface area contributed by atoms with Gasteiger partial charge in [0.2, 0.25) is 10.0 Å². The number of carboxylic acid groups (broad SMARTS) is 1. The Bertz CT molecular complexity index is 572. The normalized spacial score (nSPS) is 13.2. The highest BCUT2D eigenvalue weighted by atomic mass is 79.9. The molecule has 0 heterocycles. The molecule has 0 saturated heterocycles. The number of aliphatic hydroxyl groups is 1. The van der Waals surface area contributed by atoms with Crippen LogP contribution in [-0.2, 0) is 14.8 Å². The van der Waals surface area contributed by atoms with Crippen LogP contribution >= 0.6 is 15.9 Å². The first kappa shape index (κ1) is 16.1. The summed E-state index contributed by atoms with van der Waals surface area (Å²) in [7, 11) is -3.96. The van der Waals surface area contributed by atoms with Crippen molar-refractivity contribution in [3.05, 3.63) is 28.2 Å². The highest BCUT2D eigenvalue weighted by Crippen LogP contribution is 2.23. The molecule has 3 N–H and O–H groups in total. The van der Waals surface area contributed by atoms with Crippen molar-refractivity contribution in [3.63, 3.8) is 0 Å². The van der Waals surface area contributed by atoms with Gasteiger partial charge in [-0.1, -0.05) is 6.07 Å². The van der Waals surface area contributed by atoms with Crippen molar-refractivity contribution < 1.29 is 23.4 Å². The van der Waals surface area contributed by atoms with Gasteiger partial charge in [-0.3, -0.25) is 4.79 Å². The molecule has 0 spiro atoms. The zero-order chi connectivity index (χ0) is 14.6. The first-order valence-electron chi connectivity index (χ1n) is 5.40. The number of aryl methyl sites for hydroxylation is 1. The highest BCUT2D eigenvalue weighted by Gasteiger charge is 2.26. The molecule has 106 valence electrons. The predicted molar refractivity (Wildman–Crippen MR) is 72.3 cm³/mol. The third-order valence-corrected chi connectivity index (χ3v) is 4.84. The van der Waals surface area contributed by atoms with Crippen LogP contribution < -0.4 is 4.72 Å². The van der Waals surface area contributed by atoms with Crippen LogP contribution in [0.25, 0.3) is 0 Å². The first-order chi connectivity index (χ1) is 8.77. The summed E-state index contributed by atoms with van der Waals surface area (Å²) in [5.41, 5.74) is 0.871. The van der Waals surface area contributed by atoms with Gasteiger partial charge < -0.3 is 10.2 Å². The maximum atomic E-state index is 12.1. The van der Waals surface area contributed by atoms with E-state index in [1.54, 1.807) is 19.1 Å². The number of benzene rings is 1. The Morgan fingerprint density at radius 2 is 2.11 bits per heavy atom. The molecule has 1 aromatic carbocycles. The van der Waals surface area contributed by atoms with E-state index in [1.807, 2.05) is 0 Å². The Morgan fingerprint density at radius 1 is 1.47 bits per heavy atom. The van der Waals surface area contributed by atoms with Gasteiger partial charge in [-0.05, 0) is 47.0 Å². The van der Waals surface area contributed by atoms with Crippen LogP contribution in [0.5, 0.6) is 0 Å². The molecule has 0 aromatic heterocycles. The lowest BCUT2D eigenvalue weighted by atomic mass is 10.2. The van der Waals surface area contributed by atoms with Gasteiger partial charge in [0.15, 0.2) is 0 Å². The maximum absolute atomic E-state index is 12.1. The van der Waals surface area contributed by atoms with E-state index >= 15 is 0 Å². The average Bonchev–Trinajstić information content (AvgIpc) is 2.27. The molecular formula is C11H14BrNO5S. The fraction of sp³-hybridized carbons (Fsp3) is 0.364. The molecule has 8 heteroatoms. The van der Waals surface area contributed by atoms with Crippen molar-refractivity contribution in [1.82, 2.24) is 4.72 Å². The number of hydrogen-bond acceptors (Lipinski definition) is 4. The molecule has 0 unspecified atom stereocenters. The van der Waals surface area contributed by atoms with Gasteiger partial charge in [-0.2, -0.15) is 4.72 Å². The lowest BCUT2D eigenvalue weighted by Crippen LogP contribution is -2.41. The lowest BCUT2D eigenvalue weighted by Gasteiger charge is -2.14. The number of halogens is 1. The zero-order valence-corrected chi connectivity index (χ0v) is 12.5. The summed E-state index contributed by atoms with van der Waals surface area (Å²) in [5, 5.41) is 17.6. The Kier molecular flexibility index (Phi) is 5.48. The van der Waals surface area contributed by atoms with E-state index < -0.39 is 28.6 Å². The Labute approximate surface area is 119 Å². The smallest absolute Gasteiger partial charge is 0.321 e. The molecule has 0 aliphatic rings. The van der Waals surface area contributed by atoms with Crippen LogP contribution in [0, 0.1) is 6.92 Å². The van der Waals surface area contributed by atoms with Crippen LogP contribution in [0.3, 0.4) is 0 Å². The molecule has 1 atom stereocenters. The van der Waals surface area contributed by atoms with E-state index in [0.29, 0.717) is 4.47 Å². The Balaban J connectivity index is 3.06. The Hall–Kier alpha value is -0.960. The van der Waals surface area contributed by atoms with Crippen LogP contribution in [-0.4, -0.2) is 37.2 Å². The molecule has 0 fully saturated rings. The highest BCUT2D eigenvalue weighted by molar-refractivity contribution is 9.10. The molecule has 0 aliphatic heterocycles. The molecule has 0 saturated carbocycles. The topological polar surface area (TPSA) is 104 Å². The minimum Gasteiger partial charge on any atom is -0.480 e. The number of carbonyl (C=O) groups is 1. The van der Waals surface area contributed by atoms with Crippen LogP contribution in [0.2, 0.25) is 0 Å². The van der Waals surface area contributed by atoms with E-state index in [0.717, 1.165) is 5.56 Å². The molecule has 0 aliphatic carbocycles. The van der Waals surface area contributed by atoms with Crippen LogP contribution in [0.4, 0.5) is 0 Å². The van der Waals surface area contributed by atoms with E-state index in [1.165, 1.54) is 6.07 Å². The van der Waals surface area contributed by atoms with E-state index in [-0.39, 0.29) is 11.3 Å². The van der Waals surface area contributed by atoms with Gasteiger partial charge in [0.25, 0.3) is 0 Å². The van der Waals surface area contributed by atoms with Crippen molar-refractivity contribution in [2.24, 2.45) is 0 Å². The maximum Gasteiger partial charge on any atom is 0.321 e. The summed E-state index contributed by atoms with van der Waals surface area (Å²) in [6.07, 6.45) is -0.196. The number of aliphatic carboxylic acids is 1. The minimum atomic E-state index is -3.96. The van der Waals surface area contributed by atoms with E-state index in [9.17, 15) is 13.2 Å². The molecule has 1 rings (SSSR count). The van der Waals surface area contributed by atoms with Crippen LogP contribution in [0.15, 0.2) is 27.6 Å². The van der Waals surface area contributed by atoms with Gasteiger partial charge in [0.1, 0.15) is 6.04 Å². The van der Waals surface area contributed by atoms with Gasteiger partial charge in [-0.25, -0.2) is 8.42 Å². The summed E-state index contributed by atoms with van der Waals surface area (Å²) in [6.45, 7) is 1.38. The summed E-state index contributed by atoms with van der Waals surface area (Å²) in [6, 6.07) is 3.26. The average molecular weight is 352 g/mol. The van der Waals surface area contributed by atoms with Crippen molar-refractivity contribution in [3.8, 4) is 0 Å². The second kappa shape index (κ2) is 6.47. The SMILES string of the molecule is Cc1ccc(S(=O)(=O)N[C@@H](CCO)C(=O)O)c(Br)c1. The van der Waals surface area contributed by atoms with Crippen molar-refractivity contribution in [2.75, 3.05) is 6.61 Å². The Morgan fingerprint density at radius 3 is 2.58 bits per heavy atom. The third-order valence-electron chi connectivity index (χ3n) is 2.39. The molecule has 6 nitrogen and oxygen atoms in total. The number of hydrogen-bond donors (Lipinski definition) is 3. The second-order valence-corrected chi connectivity index (χ2v) is 6.50. The van der Waals surface area contributed by atoms with Gasteiger partial charge in [-0.15, -0.1) is 0 Å². The zero-order valence-electron chi connectivity index (χ0n) is 10.1. The molecular weight excluding hydrogens is 338 g/mol. The fourth-order valence-corrected chi connectivity index (χ4v) is 3.85. The third kappa shape index (κ3) is 4.27. The number of rotatable bonds is 6. The lowest BCUT2D eigenvalue weighted by molar-refractivity contribution is -0.139. The number of sulfonamides is 1. The predicted octanol–water partition coefficient (Wildman–Crippen LogP) is 0.871. The standard InChI is InChI=1S/C11H14BrNO5S/c1-7-2-3-10(8(12)6-7)19(17,18)13-9(4-5-14)11(15)16/h2-3,6,9,13-14H,4-5H2,1H3,(H,15,16)/t9-/m0/s1. The van der Waals surface area contributed by atoms with E-state index in [4.69, 9.17) is 10.2 Å². The molecule has 1 aromatic rings. The number of carboxylic acids is 1. The molecule has 0 amide bonds. The van der Waals surface area contributed by atoms with Gasteiger partial charge in [0.05, 0.1) is 4.90 Å². The van der Waals surface area contributed by atoms with Crippen molar-refractivity contribution in [2.45, 2.75) is 24.3 Å². The van der Waals surface area contributed by atoms with Gasteiger partial charge in [0, 0.05) is 11.1 Å². The second-order valence-electron chi connectivity index (χ2n) is 3.96. The monoisotopic (exact) mass is 351 g/mol. The molecule has 0 radical (unpaired) electrons. The van der Waals surface area contributed by atoms with E-state index in [2.05, 4.69) is 20.7 Å². The van der Waals surface area contributed by atoms with Gasteiger partial charge >= 0.3 is 5.97 Å². The number of nitrogens with one attached hydrogen (secondary N) is 1. The largest absolute Gasteiger partial charge is 0.480 e. The summed E-state index contributed by atoms with van der Waals surface area (Å²) < 4.78 is 26.5. The van der Waals surface area contributed by atoms with Crippen molar-refractivity contribution in [1.29, 1.82) is 0 Å². The minimum absolute atomic E-state index is 0.0395. The fourth-order valence-electron chi connectivity index (χ4n) is 1.44. The molecule has 0 bridgehead atoms. The van der Waals surface area contributed by atoms with Crippen molar-refractivity contribution >= 4 is 31.9 Å². The first-order valence-corrected chi connectivity index (χ1v) is 7.67. The summed E-state index contributed by atoms with van der Waals surface area (Å²) >= 11 is 3.13.